The van der Waals surface area contributed by atoms with Gasteiger partial charge in [-0.05, 0) is 38.5 Å². The summed E-state index contributed by atoms with van der Waals surface area (Å²) < 4.78 is 10.8. The van der Waals surface area contributed by atoms with Crippen molar-refractivity contribution in [1.82, 2.24) is 20.8 Å². The molecule has 1 aromatic rings. The van der Waals surface area contributed by atoms with Crippen molar-refractivity contribution >= 4 is 6.03 Å². The summed E-state index contributed by atoms with van der Waals surface area (Å²) in [5.74, 6) is 1.12. The molecule has 21 heavy (non-hydrogen) atoms. The quantitative estimate of drug-likeness (QED) is 0.878. The summed E-state index contributed by atoms with van der Waals surface area (Å²) in [6, 6.07) is -0.0221. The Morgan fingerprint density at radius 2 is 2.24 bits per heavy atom. The fourth-order valence-corrected chi connectivity index (χ4v) is 3.64. The maximum atomic E-state index is 12.3. The lowest BCUT2D eigenvalue weighted by molar-refractivity contribution is 0.0971. The van der Waals surface area contributed by atoms with Crippen LogP contribution >= 0.6 is 0 Å². The van der Waals surface area contributed by atoms with Crippen LogP contribution in [0.4, 0.5) is 4.79 Å². The Morgan fingerprint density at radius 1 is 1.38 bits per heavy atom. The van der Waals surface area contributed by atoms with Crippen LogP contribution in [0.2, 0.25) is 0 Å². The molecule has 1 aromatic heterocycles. The monoisotopic (exact) mass is 292 g/mol. The van der Waals surface area contributed by atoms with E-state index in [9.17, 15) is 4.79 Å². The van der Waals surface area contributed by atoms with Crippen molar-refractivity contribution in [2.75, 3.05) is 0 Å². The molecule has 2 bridgehead atoms. The molecule has 7 nitrogen and oxygen atoms in total. The van der Waals surface area contributed by atoms with E-state index in [0.29, 0.717) is 17.8 Å². The van der Waals surface area contributed by atoms with E-state index in [1.165, 1.54) is 0 Å². The van der Waals surface area contributed by atoms with Crippen molar-refractivity contribution in [3.05, 3.63) is 11.7 Å². The Morgan fingerprint density at radius 3 is 2.76 bits per heavy atom. The van der Waals surface area contributed by atoms with Gasteiger partial charge >= 0.3 is 6.03 Å². The first kappa shape index (κ1) is 13.1. The standard InChI is InChI=1S/C14H20N4O3/c1-8-15-12(18-21-8)14(5-2-6-14)17-13(19)16-10-7-9-3-4-11(10)20-9/h9-11H,2-7H2,1H3,(H2,16,17,19). The second-order valence-corrected chi connectivity index (χ2v) is 6.39. The number of carbonyl (C=O) groups excluding carboxylic acids is 1. The number of nitrogens with one attached hydrogen (secondary N) is 2. The Hall–Kier alpha value is -1.63. The van der Waals surface area contributed by atoms with Crippen LogP contribution in [0.5, 0.6) is 0 Å². The molecule has 3 fully saturated rings. The maximum Gasteiger partial charge on any atom is 0.315 e. The molecular weight excluding hydrogens is 272 g/mol. The molecule has 7 heteroatoms. The molecule has 0 aromatic carbocycles. The van der Waals surface area contributed by atoms with Crippen molar-refractivity contribution in [1.29, 1.82) is 0 Å². The number of aryl methyl sites for hydroxylation is 1. The molecule has 114 valence electrons. The third-order valence-electron chi connectivity index (χ3n) is 4.94. The van der Waals surface area contributed by atoms with Gasteiger partial charge < -0.3 is 19.9 Å². The van der Waals surface area contributed by atoms with E-state index < -0.39 is 5.54 Å². The minimum Gasteiger partial charge on any atom is -0.373 e. The van der Waals surface area contributed by atoms with Crippen LogP contribution in [0, 0.1) is 6.92 Å². The van der Waals surface area contributed by atoms with Gasteiger partial charge in [-0.25, -0.2) is 4.79 Å². The first-order valence-electron chi connectivity index (χ1n) is 7.70. The molecule has 1 aliphatic carbocycles. The number of rotatable bonds is 3. The molecule has 3 unspecified atom stereocenters. The molecule has 1 saturated carbocycles. The van der Waals surface area contributed by atoms with E-state index in [4.69, 9.17) is 9.26 Å². The Labute approximate surface area is 122 Å². The zero-order valence-corrected chi connectivity index (χ0v) is 12.1. The summed E-state index contributed by atoms with van der Waals surface area (Å²) in [6.45, 7) is 1.76. The van der Waals surface area contributed by atoms with Crippen LogP contribution in [-0.2, 0) is 10.3 Å². The lowest BCUT2D eigenvalue weighted by Crippen LogP contribution is -2.57. The van der Waals surface area contributed by atoms with Gasteiger partial charge in [0.25, 0.3) is 0 Å². The van der Waals surface area contributed by atoms with Crippen LogP contribution in [0.3, 0.4) is 0 Å². The molecule has 2 N–H and O–H groups in total. The Kier molecular flexibility index (Phi) is 2.92. The molecule has 4 rings (SSSR count). The van der Waals surface area contributed by atoms with E-state index in [2.05, 4.69) is 20.8 Å². The average Bonchev–Trinajstić information content (AvgIpc) is 3.10. The van der Waals surface area contributed by atoms with E-state index in [1.807, 2.05) is 0 Å². The number of fused-ring (bicyclic) bond motifs is 2. The summed E-state index contributed by atoms with van der Waals surface area (Å²) in [7, 11) is 0. The van der Waals surface area contributed by atoms with Crippen molar-refractivity contribution in [2.45, 2.75) is 69.2 Å². The van der Waals surface area contributed by atoms with Crippen LogP contribution in [-0.4, -0.2) is 34.4 Å². The van der Waals surface area contributed by atoms with Gasteiger partial charge in [0, 0.05) is 6.92 Å². The molecule has 3 heterocycles. The number of hydrogen-bond acceptors (Lipinski definition) is 5. The van der Waals surface area contributed by atoms with E-state index in [1.54, 1.807) is 6.92 Å². The summed E-state index contributed by atoms with van der Waals surface area (Å²) >= 11 is 0. The highest BCUT2D eigenvalue weighted by Crippen LogP contribution is 2.40. The highest BCUT2D eigenvalue weighted by molar-refractivity contribution is 5.75. The van der Waals surface area contributed by atoms with E-state index in [-0.39, 0.29) is 18.2 Å². The molecule has 0 radical (unpaired) electrons. The highest BCUT2D eigenvalue weighted by atomic mass is 16.5. The van der Waals surface area contributed by atoms with Gasteiger partial charge in [-0.2, -0.15) is 4.98 Å². The minimum atomic E-state index is -0.458. The topological polar surface area (TPSA) is 89.3 Å². The smallest absolute Gasteiger partial charge is 0.315 e. The van der Waals surface area contributed by atoms with Crippen molar-refractivity contribution in [2.24, 2.45) is 0 Å². The predicted molar refractivity (Wildman–Crippen MR) is 72.5 cm³/mol. The third-order valence-corrected chi connectivity index (χ3v) is 4.94. The zero-order valence-electron chi connectivity index (χ0n) is 12.1. The van der Waals surface area contributed by atoms with Crippen LogP contribution in [0.15, 0.2) is 4.52 Å². The normalized spacial score (nSPS) is 32.7. The molecule has 2 saturated heterocycles. The number of urea groups is 1. The summed E-state index contributed by atoms with van der Waals surface area (Å²) in [5.41, 5.74) is -0.458. The van der Waals surface area contributed by atoms with E-state index >= 15 is 0 Å². The molecule has 2 amide bonds. The van der Waals surface area contributed by atoms with Gasteiger partial charge in [-0.1, -0.05) is 5.16 Å². The van der Waals surface area contributed by atoms with Crippen LogP contribution in [0.1, 0.15) is 50.2 Å². The van der Waals surface area contributed by atoms with Crippen molar-refractivity contribution in [3.8, 4) is 0 Å². The molecular formula is C14H20N4O3. The summed E-state index contributed by atoms with van der Waals surface area (Å²) in [5, 5.41) is 10.1. The van der Waals surface area contributed by atoms with E-state index in [0.717, 1.165) is 38.5 Å². The molecule has 0 spiro atoms. The van der Waals surface area contributed by atoms with Crippen molar-refractivity contribution < 1.29 is 14.1 Å². The SMILES string of the molecule is Cc1nc(C2(NC(=O)NC3CC4CCC3O4)CCC2)no1. The molecule has 3 aliphatic rings. The predicted octanol–water partition coefficient (Wildman–Crippen LogP) is 1.38. The highest BCUT2D eigenvalue weighted by Gasteiger charge is 2.46. The fourth-order valence-electron chi connectivity index (χ4n) is 3.64. The molecule has 3 atom stereocenters. The van der Waals surface area contributed by atoms with Gasteiger partial charge in [0.15, 0.2) is 5.82 Å². The third kappa shape index (κ3) is 2.19. The minimum absolute atomic E-state index is 0.132. The second kappa shape index (κ2) is 4.69. The van der Waals surface area contributed by atoms with Gasteiger partial charge in [-0.15, -0.1) is 0 Å². The number of aromatic nitrogens is 2. The lowest BCUT2D eigenvalue weighted by Gasteiger charge is -2.40. The molecule has 2 aliphatic heterocycles. The van der Waals surface area contributed by atoms with Crippen LogP contribution < -0.4 is 10.6 Å². The zero-order chi connectivity index (χ0) is 14.4. The van der Waals surface area contributed by atoms with Crippen molar-refractivity contribution in [3.63, 3.8) is 0 Å². The first-order chi connectivity index (χ1) is 10.1. The van der Waals surface area contributed by atoms with Gasteiger partial charge in [0.1, 0.15) is 5.54 Å². The Bertz CT molecular complexity index is 554. The fraction of sp³-hybridized carbons (Fsp3) is 0.786. The maximum absolute atomic E-state index is 12.3. The summed E-state index contributed by atoms with van der Waals surface area (Å²) in [6.07, 6.45) is 6.38. The van der Waals surface area contributed by atoms with Gasteiger partial charge in [0.05, 0.1) is 18.2 Å². The number of nitrogens with zero attached hydrogens (tertiary/aromatic N) is 2. The number of hydrogen-bond donors (Lipinski definition) is 2. The lowest BCUT2D eigenvalue weighted by atomic mass is 9.76. The number of carbonyl (C=O) groups is 1. The summed E-state index contributed by atoms with van der Waals surface area (Å²) in [4.78, 5) is 16.6. The number of amides is 2. The van der Waals surface area contributed by atoms with Gasteiger partial charge in [0.2, 0.25) is 5.89 Å². The number of ether oxygens (including phenoxy) is 1. The average molecular weight is 292 g/mol. The second-order valence-electron chi connectivity index (χ2n) is 6.39. The largest absolute Gasteiger partial charge is 0.373 e. The first-order valence-corrected chi connectivity index (χ1v) is 7.70. The Balaban J connectivity index is 1.41. The van der Waals surface area contributed by atoms with Crippen LogP contribution in [0.25, 0.3) is 0 Å². The van der Waals surface area contributed by atoms with Gasteiger partial charge in [-0.3, -0.25) is 0 Å².